The van der Waals surface area contributed by atoms with E-state index < -0.39 is 5.97 Å². The van der Waals surface area contributed by atoms with E-state index in [1.807, 2.05) is 13.0 Å². The first-order chi connectivity index (χ1) is 15.3. The summed E-state index contributed by atoms with van der Waals surface area (Å²) in [4.78, 5) is 27.9. The number of rotatable bonds is 8. The van der Waals surface area contributed by atoms with Gasteiger partial charge in [-0.15, -0.1) is 0 Å². The number of nitrogens with one attached hydrogen (secondary N) is 2. The second-order valence-corrected chi connectivity index (χ2v) is 8.92. The average molecular weight is 480 g/mol. The Morgan fingerprint density at radius 3 is 2.56 bits per heavy atom. The fraction of sp³-hybridized carbons (Fsp3) is 0.435. The molecule has 0 bridgehead atoms. The van der Waals surface area contributed by atoms with Gasteiger partial charge in [0.25, 0.3) is 5.91 Å². The first kappa shape index (κ1) is 24.1. The quantitative estimate of drug-likeness (QED) is 0.481. The number of ether oxygens (including phenoxy) is 1. The summed E-state index contributed by atoms with van der Waals surface area (Å²) in [6.07, 6.45) is 4.37. The first-order valence-corrected chi connectivity index (χ1v) is 11.3. The van der Waals surface area contributed by atoms with E-state index in [1.165, 1.54) is 6.20 Å². The highest BCUT2D eigenvalue weighted by molar-refractivity contribution is 6.33. The van der Waals surface area contributed by atoms with E-state index in [0.717, 1.165) is 18.4 Å². The minimum Gasteiger partial charge on any atom is -0.496 e. The third-order valence-electron chi connectivity index (χ3n) is 5.86. The molecule has 1 amide bonds. The number of carboxylic acids is 1. The summed E-state index contributed by atoms with van der Waals surface area (Å²) in [7, 11) is 1.59. The fourth-order valence-corrected chi connectivity index (χ4v) is 4.35. The van der Waals surface area contributed by atoms with Crippen molar-refractivity contribution in [2.45, 2.75) is 38.6 Å². The van der Waals surface area contributed by atoms with Crippen LogP contribution in [0.2, 0.25) is 10.0 Å². The van der Waals surface area contributed by atoms with Crippen molar-refractivity contribution >= 4 is 40.9 Å². The summed E-state index contributed by atoms with van der Waals surface area (Å²) in [5, 5.41) is 16.2. The van der Waals surface area contributed by atoms with Crippen LogP contribution in [0.4, 0.5) is 5.82 Å². The number of pyridine rings is 1. The molecule has 1 aromatic carbocycles. The van der Waals surface area contributed by atoms with Crippen molar-refractivity contribution in [3.05, 3.63) is 51.6 Å². The minimum atomic E-state index is -0.731. The summed E-state index contributed by atoms with van der Waals surface area (Å²) in [6, 6.07) is 6.77. The van der Waals surface area contributed by atoms with E-state index in [2.05, 4.69) is 15.6 Å². The monoisotopic (exact) mass is 479 g/mol. The molecule has 2 aromatic rings. The van der Waals surface area contributed by atoms with Gasteiger partial charge in [-0.1, -0.05) is 23.2 Å². The second-order valence-electron chi connectivity index (χ2n) is 8.07. The van der Waals surface area contributed by atoms with Gasteiger partial charge in [-0.05, 0) is 62.8 Å². The molecule has 1 aliphatic rings. The average Bonchev–Trinajstić information content (AvgIpc) is 2.78. The van der Waals surface area contributed by atoms with Crippen molar-refractivity contribution in [3.63, 3.8) is 0 Å². The summed E-state index contributed by atoms with van der Waals surface area (Å²) < 4.78 is 5.40. The van der Waals surface area contributed by atoms with Crippen LogP contribution in [0.25, 0.3) is 0 Å². The number of halogens is 2. The van der Waals surface area contributed by atoms with Crippen molar-refractivity contribution in [3.8, 4) is 5.75 Å². The summed E-state index contributed by atoms with van der Waals surface area (Å²) >= 11 is 12.5. The van der Waals surface area contributed by atoms with Crippen LogP contribution in [-0.2, 0) is 4.79 Å². The van der Waals surface area contributed by atoms with Crippen molar-refractivity contribution in [2.75, 3.05) is 19.0 Å². The molecule has 1 heterocycles. The van der Waals surface area contributed by atoms with E-state index >= 15 is 0 Å². The molecule has 1 aromatic heterocycles. The fourth-order valence-electron chi connectivity index (χ4n) is 3.95. The van der Waals surface area contributed by atoms with Gasteiger partial charge in [0.2, 0.25) is 0 Å². The molecule has 172 valence electrons. The number of nitrogens with zero attached hydrogens (tertiary/aromatic N) is 1. The van der Waals surface area contributed by atoms with E-state index in [0.29, 0.717) is 46.6 Å². The number of carbonyl (C=O) groups is 2. The molecule has 0 unspecified atom stereocenters. The molecule has 32 heavy (non-hydrogen) atoms. The predicted molar refractivity (Wildman–Crippen MR) is 125 cm³/mol. The van der Waals surface area contributed by atoms with E-state index in [4.69, 9.17) is 33.0 Å². The zero-order valence-corrected chi connectivity index (χ0v) is 19.5. The largest absolute Gasteiger partial charge is 0.496 e. The van der Waals surface area contributed by atoms with E-state index in [-0.39, 0.29) is 23.8 Å². The lowest BCUT2D eigenvalue weighted by Gasteiger charge is -2.26. The molecule has 0 aliphatic heterocycles. The number of hydrogen-bond acceptors (Lipinski definition) is 5. The van der Waals surface area contributed by atoms with Crippen LogP contribution in [0, 0.1) is 11.8 Å². The summed E-state index contributed by atoms with van der Waals surface area (Å²) in [6.45, 7) is 2.44. The van der Waals surface area contributed by atoms with Gasteiger partial charge in [0.15, 0.2) is 0 Å². The number of methoxy groups -OCH3 is 1. The molecule has 9 heteroatoms. The lowest BCUT2D eigenvalue weighted by molar-refractivity contribution is -0.143. The van der Waals surface area contributed by atoms with Gasteiger partial charge < -0.3 is 20.5 Å². The van der Waals surface area contributed by atoms with Crippen LogP contribution in [0.3, 0.4) is 0 Å². The molecule has 7 nitrogen and oxygen atoms in total. The number of hydrogen-bond donors (Lipinski definition) is 3. The zero-order valence-electron chi connectivity index (χ0n) is 18.0. The maximum absolute atomic E-state index is 12.5. The van der Waals surface area contributed by atoms with E-state index in [1.54, 1.807) is 25.3 Å². The number of benzene rings is 1. The Labute approximate surface area is 197 Å². The number of amides is 1. The van der Waals surface area contributed by atoms with Gasteiger partial charge in [-0.25, -0.2) is 4.98 Å². The first-order valence-electron chi connectivity index (χ1n) is 10.5. The Hall–Kier alpha value is -2.51. The van der Waals surface area contributed by atoms with E-state index in [9.17, 15) is 9.59 Å². The van der Waals surface area contributed by atoms with Crippen molar-refractivity contribution in [1.82, 2.24) is 10.3 Å². The van der Waals surface area contributed by atoms with Gasteiger partial charge in [0, 0.05) is 23.3 Å². The molecule has 1 fully saturated rings. The molecule has 1 atom stereocenters. The zero-order chi connectivity index (χ0) is 23.3. The van der Waals surface area contributed by atoms with Crippen LogP contribution in [0.5, 0.6) is 5.75 Å². The van der Waals surface area contributed by atoms with Gasteiger partial charge >= 0.3 is 5.97 Å². The van der Waals surface area contributed by atoms with Crippen LogP contribution in [0.15, 0.2) is 30.5 Å². The molecule has 1 saturated carbocycles. The van der Waals surface area contributed by atoms with Gasteiger partial charge in [0.05, 0.1) is 29.7 Å². The third kappa shape index (κ3) is 6.04. The third-order valence-corrected chi connectivity index (χ3v) is 6.39. The van der Waals surface area contributed by atoms with Crippen LogP contribution >= 0.6 is 23.2 Å². The lowest BCUT2D eigenvalue weighted by atomic mass is 9.82. The number of carboxylic acid groups (broad SMARTS) is 1. The van der Waals surface area contributed by atoms with Gasteiger partial charge in [0.1, 0.15) is 11.6 Å². The van der Waals surface area contributed by atoms with Crippen LogP contribution in [-0.4, -0.2) is 35.6 Å². The molecule has 0 saturated heterocycles. The Kier molecular flexibility index (Phi) is 8.21. The molecular weight excluding hydrogens is 453 g/mol. The minimum absolute atomic E-state index is 0.186. The molecule has 3 rings (SSSR count). The molecule has 3 N–H and O–H groups in total. The molecule has 1 aliphatic carbocycles. The smallest absolute Gasteiger partial charge is 0.306 e. The predicted octanol–water partition coefficient (Wildman–Crippen LogP) is 5.19. The lowest BCUT2D eigenvalue weighted by Crippen LogP contribution is -2.32. The van der Waals surface area contributed by atoms with Crippen LogP contribution < -0.4 is 15.4 Å². The summed E-state index contributed by atoms with van der Waals surface area (Å²) in [5.41, 5.74) is 1.23. The maximum Gasteiger partial charge on any atom is 0.306 e. The summed E-state index contributed by atoms with van der Waals surface area (Å²) in [5.74, 6) is 0.177. The van der Waals surface area contributed by atoms with Crippen molar-refractivity contribution < 1.29 is 19.4 Å². The van der Waals surface area contributed by atoms with Gasteiger partial charge in [-0.3, -0.25) is 9.59 Å². The normalized spacial score (nSPS) is 19.1. The number of aliphatic carboxylic acids is 1. The highest BCUT2D eigenvalue weighted by Gasteiger charge is 2.26. The Bertz CT molecular complexity index is 978. The topological polar surface area (TPSA) is 101 Å². The Morgan fingerprint density at radius 1 is 1.22 bits per heavy atom. The second kappa shape index (κ2) is 10.9. The van der Waals surface area contributed by atoms with Gasteiger partial charge in [-0.2, -0.15) is 0 Å². The SMILES string of the molecule is COc1ccc(Cl)cc1[C@H](C)Nc1ncc(C(=O)NCC2CCC(C(=O)O)CC2)cc1Cl. The molecule has 0 radical (unpaired) electrons. The Morgan fingerprint density at radius 2 is 1.94 bits per heavy atom. The Balaban J connectivity index is 1.58. The maximum atomic E-state index is 12.5. The number of aromatic nitrogens is 1. The number of anilines is 1. The number of carbonyl (C=O) groups excluding carboxylic acids is 1. The molecule has 0 spiro atoms. The molecular formula is C23H27Cl2N3O4. The highest BCUT2D eigenvalue weighted by Crippen LogP contribution is 2.32. The van der Waals surface area contributed by atoms with Crippen molar-refractivity contribution in [1.29, 1.82) is 0 Å². The van der Waals surface area contributed by atoms with Crippen molar-refractivity contribution in [2.24, 2.45) is 11.8 Å². The standard InChI is InChI=1S/C23H27Cl2N3O4/c1-13(18-10-17(24)7-8-20(18)32-2)28-21-19(25)9-16(12-26-21)22(29)27-11-14-3-5-15(6-4-14)23(30)31/h7-10,12-15H,3-6,11H2,1-2H3,(H,26,28)(H,27,29)(H,30,31)/t13-,14?,15?/m0/s1. The highest BCUT2D eigenvalue weighted by atomic mass is 35.5. The van der Waals surface area contributed by atoms with Crippen LogP contribution in [0.1, 0.15) is 54.6 Å².